The maximum Gasteiger partial charge on any atom is 0.251 e. The Morgan fingerprint density at radius 2 is 2.06 bits per heavy atom. The van der Waals surface area contributed by atoms with Crippen molar-refractivity contribution in [3.05, 3.63) is 69.6 Å². The lowest BCUT2D eigenvalue weighted by atomic mass is 10.1. The first-order chi connectivity index (χ1) is 8.56. The summed E-state index contributed by atoms with van der Waals surface area (Å²) in [6.07, 6.45) is 1.74. The number of aromatic nitrogens is 1. The van der Waals surface area contributed by atoms with Crippen LogP contribution < -0.4 is 11.3 Å². The molecule has 2 N–H and O–H groups in total. The smallest absolute Gasteiger partial charge is 0.251 e. The van der Waals surface area contributed by atoms with Gasteiger partial charge >= 0.3 is 0 Å². The van der Waals surface area contributed by atoms with Gasteiger partial charge in [-0.05, 0) is 36.2 Å². The van der Waals surface area contributed by atoms with Crippen LogP contribution in [0.4, 0.5) is 0 Å². The van der Waals surface area contributed by atoms with Gasteiger partial charge in [0.2, 0.25) is 5.91 Å². The van der Waals surface area contributed by atoms with E-state index in [1.54, 1.807) is 35.0 Å². The molecule has 0 spiro atoms. The summed E-state index contributed by atoms with van der Waals surface area (Å²) in [5.41, 5.74) is 7.42. The molecule has 2 rings (SSSR count). The summed E-state index contributed by atoms with van der Waals surface area (Å²) in [5, 5.41) is 0. The van der Waals surface area contributed by atoms with Gasteiger partial charge in [0, 0.05) is 17.8 Å². The number of nitrogens with two attached hydrogens (primary N) is 1. The zero-order chi connectivity index (χ0) is 13.1. The SMILES string of the molecule is Cc1ccn(Cc2cccc(C(N)=O)c2)c(=O)c1. The highest BCUT2D eigenvalue weighted by Gasteiger charge is 2.03. The molecule has 0 atom stereocenters. The summed E-state index contributed by atoms with van der Waals surface area (Å²) in [6, 6.07) is 10.4. The van der Waals surface area contributed by atoms with Gasteiger partial charge in [0.15, 0.2) is 0 Å². The fourth-order valence-electron chi connectivity index (χ4n) is 1.76. The van der Waals surface area contributed by atoms with E-state index in [9.17, 15) is 9.59 Å². The molecule has 0 aliphatic carbocycles. The second-order valence-electron chi connectivity index (χ2n) is 4.23. The summed E-state index contributed by atoms with van der Waals surface area (Å²) in [7, 11) is 0. The van der Waals surface area contributed by atoms with Gasteiger partial charge in [-0.3, -0.25) is 9.59 Å². The Balaban J connectivity index is 2.31. The molecule has 2 aromatic rings. The quantitative estimate of drug-likeness (QED) is 0.881. The lowest BCUT2D eigenvalue weighted by Crippen LogP contribution is -2.19. The Bertz CT molecular complexity index is 644. The summed E-state index contributed by atoms with van der Waals surface area (Å²) in [5.74, 6) is -0.465. The van der Waals surface area contributed by atoms with Crippen molar-refractivity contribution in [1.82, 2.24) is 4.57 Å². The van der Waals surface area contributed by atoms with E-state index in [0.717, 1.165) is 11.1 Å². The second kappa shape index (κ2) is 4.87. The topological polar surface area (TPSA) is 65.1 Å². The number of carbonyl (C=O) groups is 1. The van der Waals surface area contributed by atoms with Crippen molar-refractivity contribution in [2.75, 3.05) is 0 Å². The van der Waals surface area contributed by atoms with Gasteiger partial charge in [-0.2, -0.15) is 0 Å². The average Bonchev–Trinajstić information content (AvgIpc) is 2.33. The van der Waals surface area contributed by atoms with Crippen LogP contribution in [0.2, 0.25) is 0 Å². The van der Waals surface area contributed by atoms with E-state index in [-0.39, 0.29) is 5.56 Å². The molecule has 0 saturated carbocycles. The monoisotopic (exact) mass is 242 g/mol. The molecular weight excluding hydrogens is 228 g/mol. The number of benzene rings is 1. The maximum absolute atomic E-state index is 11.7. The predicted molar refractivity (Wildman–Crippen MR) is 69.5 cm³/mol. The van der Waals surface area contributed by atoms with Crippen LogP contribution >= 0.6 is 0 Å². The highest BCUT2D eigenvalue weighted by molar-refractivity contribution is 5.92. The fraction of sp³-hybridized carbons (Fsp3) is 0.143. The number of nitrogens with zero attached hydrogens (tertiary/aromatic N) is 1. The number of primary amides is 1. The molecule has 0 radical (unpaired) electrons. The molecule has 0 fully saturated rings. The first-order valence-corrected chi connectivity index (χ1v) is 5.62. The van der Waals surface area contributed by atoms with Crippen LogP contribution in [0, 0.1) is 6.92 Å². The van der Waals surface area contributed by atoms with Gasteiger partial charge in [-0.1, -0.05) is 12.1 Å². The molecule has 1 aromatic carbocycles. The van der Waals surface area contributed by atoms with E-state index in [1.807, 2.05) is 19.1 Å². The van der Waals surface area contributed by atoms with Gasteiger partial charge < -0.3 is 10.3 Å². The zero-order valence-electron chi connectivity index (χ0n) is 10.1. The molecule has 0 unspecified atom stereocenters. The summed E-state index contributed by atoms with van der Waals surface area (Å²) >= 11 is 0. The van der Waals surface area contributed by atoms with Crippen molar-refractivity contribution >= 4 is 5.91 Å². The van der Waals surface area contributed by atoms with Crippen LogP contribution in [0.15, 0.2) is 47.4 Å². The Morgan fingerprint density at radius 1 is 1.28 bits per heavy atom. The highest BCUT2D eigenvalue weighted by atomic mass is 16.1. The molecule has 1 aromatic heterocycles. The normalized spacial score (nSPS) is 10.3. The zero-order valence-corrected chi connectivity index (χ0v) is 10.1. The van der Waals surface area contributed by atoms with Gasteiger partial charge in [-0.25, -0.2) is 0 Å². The summed E-state index contributed by atoms with van der Waals surface area (Å²) < 4.78 is 1.59. The Hall–Kier alpha value is -2.36. The fourth-order valence-corrected chi connectivity index (χ4v) is 1.76. The molecule has 0 bridgehead atoms. The van der Waals surface area contributed by atoms with Crippen LogP contribution in [0.1, 0.15) is 21.5 Å². The largest absolute Gasteiger partial charge is 0.366 e. The second-order valence-corrected chi connectivity index (χ2v) is 4.23. The summed E-state index contributed by atoms with van der Waals surface area (Å²) in [6.45, 7) is 2.31. The Morgan fingerprint density at radius 3 is 2.72 bits per heavy atom. The predicted octanol–water partition coefficient (Wildman–Crippen LogP) is 1.30. The van der Waals surface area contributed by atoms with E-state index in [0.29, 0.717) is 12.1 Å². The van der Waals surface area contributed by atoms with Crippen LogP contribution in [-0.4, -0.2) is 10.5 Å². The Labute approximate surface area is 105 Å². The molecule has 0 saturated heterocycles. The van der Waals surface area contributed by atoms with Crippen LogP contribution in [0.5, 0.6) is 0 Å². The van der Waals surface area contributed by atoms with Crippen molar-refractivity contribution in [2.24, 2.45) is 5.73 Å². The molecule has 4 nitrogen and oxygen atoms in total. The van der Waals surface area contributed by atoms with E-state index < -0.39 is 5.91 Å². The number of hydrogen-bond donors (Lipinski definition) is 1. The number of rotatable bonds is 3. The van der Waals surface area contributed by atoms with E-state index in [1.165, 1.54) is 0 Å². The standard InChI is InChI=1S/C14H14N2O2/c1-10-5-6-16(13(17)7-10)9-11-3-2-4-12(8-11)14(15)18/h2-8H,9H2,1H3,(H2,15,18). The third-order valence-electron chi connectivity index (χ3n) is 2.72. The van der Waals surface area contributed by atoms with Crippen molar-refractivity contribution in [3.8, 4) is 0 Å². The molecule has 92 valence electrons. The third kappa shape index (κ3) is 2.66. The molecule has 0 aliphatic heterocycles. The van der Waals surface area contributed by atoms with Gasteiger partial charge in [0.25, 0.3) is 5.56 Å². The van der Waals surface area contributed by atoms with Gasteiger partial charge in [-0.15, -0.1) is 0 Å². The molecule has 4 heteroatoms. The maximum atomic E-state index is 11.7. The third-order valence-corrected chi connectivity index (χ3v) is 2.72. The van der Waals surface area contributed by atoms with Crippen molar-refractivity contribution in [1.29, 1.82) is 0 Å². The first-order valence-electron chi connectivity index (χ1n) is 5.62. The minimum absolute atomic E-state index is 0.0560. The van der Waals surface area contributed by atoms with Crippen LogP contribution in [0.3, 0.4) is 0 Å². The molecule has 0 aliphatic rings. The highest BCUT2D eigenvalue weighted by Crippen LogP contribution is 2.06. The number of pyridine rings is 1. The van der Waals surface area contributed by atoms with Crippen molar-refractivity contribution < 1.29 is 4.79 Å². The van der Waals surface area contributed by atoms with E-state index in [4.69, 9.17) is 5.73 Å². The minimum atomic E-state index is -0.465. The van der Waals surface area contributed by atoms with Crippen molar-refractivity contribution in [2.45, 2.75) is 13.5 Å². The molecule has 18 heavy (non-hydrogen) atoms. The number of carbonyl (C=O) groups excluding carboxylic acids is 1. The van der Waals surface area contributed by atoms with Gasteiger partial charge in [0.05, 0.1) is 6.54 Å². The van der Waals surface area contributed by atoms with E-state index >= 15 is 0 Å². The van der Waals surface area contributed by atoms with Crippen LogP contribution in [0.25, 0.3) is 0 Å². The minimum Gasteiger partial charge on any atom is -0.366 e. The number of aryl methyl sites for hydroxylation is 1. The van der Waals surface area contributed by atoms with Crippen LogP contribution in [-0.2, 0) is 6.54 Å². The first kappa shape index (κ1) is 12.1. The molecule has 1 amide bonds. The lowest BCUT2D eigenvalue weighted by molar-refractivity contribution is 0.1000. The van der Waals surface area contributed by atoms with Gasteiger partial charge in [0.1, 0.15) is 0 Å². The molecule has 1 heterocycles. The summed E-state index contributed by atoms with van der Waals surface area (Å²) in [4.78, 5) is 22.8. The lowest BCUT2D eigenvalue weighted by Gasteiger charge is -2.07. The number of hydrogen-bond acceptors (Lipinski definition) is 2. The average molecular weight is 242 g/mol. The van der Waals surface area contributed by atoms with E-state index in [2.05, 4.69) is 0 Å². The number of amides is 1. The Kier molecular flexibility index (Phi) is 3.28. The molecular formula is C14H14N2O2. The van der Waals surface area contributed by atoms with Crippen molar-refractivity contribution in [3.63, 3.8) is 0 Å².